The first kappa shape index (κ1) is 33.6. The molecule has 2 fully saturated rings. The van der Waals surface area contributed by atoms with E-state index in [4.69, 9.17) is 0 Å². The van der Waals surface area contributed by atoms with E-state index in [1.54, 1.807) is 19.1 Å². The maximum atomic E-state index is 14.1. The Kier molecular flexibility index (Phi) is 8.88. The Labute approximate surface area is 262 Å². The predicted molar refractivity (Wildman–Crippen MR) is 160 cm³/mol. The van der Waals surface area contributed by atoms with Crippen molar-refractivity contribution in [2.24, 2.45) is 0 Å². The number of nitrogens with zero attached hydrogens (tertiary/aromatic N) is 4. The number of benzene rings is 2. The number of aliphatic hydroxyl groups is 1. The molecule has 1 N–H and O–H groups in total. The lowest BCUT2D eigenvalue weighted by atomic mass is 9.81. The van der Waals surface area contributed by atoms with Gasteiger partial charge in [-0.25, -0.2) is 9.37 Å². The zero-order chi connectivity index (χ0) is 33.8. The number of aliphatic hydroxyl groups excluding tert-OH is 1. The van der Waals surface area contributed by atoms with Gasteiger partial charge >= 0.3 is 12.4 Å². The lowest BCUT2D eigenvalue weighted by Crippen LogP contribution is -2.57. The highest BCUT2D eigenvalue weighted by Crippen LogP contribution is 2.41. The summed E-state index contributed by atoms with van der Waals surface area (Å²) in [5, 5.41) is 10.1. The topological polar surface area (TPSA) is 59.9 Å². The molecular formula is C33H35F7N4O2. The minimum absolute atomic E-state index is 0.0264. The highest BCUT2D eigenvalue weighted by Gasteiger charge is 2.42. The fourth-order valence-electron chi connectivity index (χ4n) is 6.56. The number of likely N-dealkylation sites (N-methyl/N-ethyl adjacent to an activating group) is 1. The lowest BCUT2D eigenvalue weighted by molar-refractivity contribution is -0.143. The molecule has 2 aromatic carbocycles. The van der Waals surface area contributed by atoms with Crippen LogP contribution >= 0.6 is 0 Å². The molecule has 2 atom stereocenters. The maximum absolute atomic E-state index is 14.1. The summed E-state index contributed by atoms with van der Waals surface area (Å²) in [7, 11) is 1.38. The third-order valence-corrected chi connectivity index (χ3v) is 9.15. The van der Waals surface area contributed by atoms with E-state index < -0.39 is 46.2 Å². The normalized spacial score (nSPS) is 19.3. The number of piperazine rings is 1. The predicted octanol–water partition coefficient (Wildman–Crippen LogP) is 6.82. The second-order valence-corrected chi connectivity index (χ2v) is 12.6. The van der Waals surface area contributed by atoms with Crippen LogP contribution in [0.2, 0.25) is 0 Å². The van der Waals surface area contributed by atoms with Crippen molar-refractivity contribution in [3.05, 3.63) is 76.7 Å². The molecule has 6 nitrogen and oxygen atoms in total. The Morgan fingerprint density at radius 1 is 0.957 bits per heavy atom. The van der Waals surface area contributed by atoms with Crippen molar-refractivity contribution in [3.63, 3.8) is 0 Å². The third kappa shape index (κ3) is 6.44. The Balaban J connectivity index is 1.58. The van der Waals surface area contributed by atoms with Crippen molar-refractivity contribution in [2.75, 3.05) is 43.1 Å². The molecule has 5 rings (SSSR count). The fourth-order valence-corrected chi connectivity index (χ4v) is 6.56. The second kappa shape index (κ2) is 12.1. The molecular weight excluding hydrogens is 617 g/mol. The number of amides is 1. The highest BCUT2D eigenvalue weighted by atomic mass is 19.4. The van der Waals surface area contributed by atoms with Crippen molar-refractivity contribution in [2.45, 2.75) is 63.5 Å². The smallest absolute Gasteiger partial charge is 0.395 e. The lowest BCUT2D eigenvalue weighted by Gasteiger charge is -2.43. The summed E-state index contributed by atoms with van der Waals surface area (Å²) in [6, 6.07) is 7.16. The van der Waals surface area contributed by atoms with E-state index in [-0.39, 0.29) is 30.4 Å². The van der Waals surface area contributed by atoms with Crippen molar-refractivity contribution in [1.29, 1.82) is 0 Å². The highest BCUT2D eigenvalue weighted by molar-refractivity contribution is 6.03. The molecule has 248 valence electrons. The molecule has 2 saturated heterocycles. The van der Waals surface area contributed by atoms with Crippen molar-refractivity contribution in [3.8, 4) is 11.1 Å². The van der Waals surface area contributed by atoms with Gasteiger partial charge in [0.1, 0.15) is 11.6 Å². The number of halogens is 7. The molecule has 13 heteroatoms. The van der Waals surface area contributed by atoms with Gasteiger partial charge in [-0.3, -0.25) is 9.69 Å². The third-order valence-electron chi connectivity index (χ3n) is 9.15. The number of pyridine rings is 1. The minimum Gasteiger partial charge on any atom is -0.395 e. The van der Waals surface area contributed by atoms with E-state index in [0.29, 0.717) is 47.7 Å². The number of carbonyl (C=O) groups is 1. The number of alkyl halides is 6. The molecule has 3 heterocycles. The minimum atomic E-state index is -5.08. The molecule has 1 aromatic heterocycles. The van der Waals surface area contributed by atoms with Crippen LogP contribution in [0, 0.1) is 12.7 Å². The van der Waals surface area contributed by atoms with E-state index in [1.807, 2.05) is 4.90 Å². The largest absolute Gasteiger partial charge is 0.416 e. The molecule has 0 bridgehead atoms. The van der Waals surface area contributed by atoms with Crippen LogP contribution in [0.15, 0.2) is 48.7 Å². The van der Waals surface area contributed by atoms with E-state index in [9.17, 15) is 40.6 Å². The number of aryl methyl sites for hydroxylation is 1. The quantitative estimate of drug-likeness (QED) is 0.297. The van der Waals surface area contributed by atoms with E-state index in [1.165, 1.54) is 39.2 Å². The van der Waals surface area contributed by atoms with Gasteiger partial charge in [0.2, 0.25) is 5.91 Å². The molecule has 2 aliphatic heterocycles. The number of aromatic nitrogens is 1. The number of anilines is 2. The van der Waals surface area contributed by atoms with Crippen LogP contribution in [0.5, 0.6) is 0 Å². The summed E-state index contributed by atoms with van der Waals surface area (Å²) in [6.45, 7) is 6.24. The van der Waals surface area contributed by atoms with Crippen molar-refractivity contribution >= 4 is 17.4 Å². The summed E-state index contributed by atoms with van der Waals surface area (Å²) in [5.74, 6) is -0.702. The zero-order valence-corrected chi connectivity index (χ0v) is 25.8. The van der Waals surface area contributed by atoms with Gasteiger partial charge in [-0.2, -0.15) is 26.3 Å². The van der Waals surface area contributed by atoms with E-state index >= 15 is 0 Å². The monoisotopic (exact) mass is 652 g/mol. The van der Waals surface area contributed by atoms with Gasteiger partial charge in [0.15, 0.2) is 0 Å². The van der Waals surface area contributed by atoms with Crippen molar-refractivity contribution < 1.29 is 40.6 Å². The van der Waals surface area contributed by atoms with Crippen LogP contribution in [-0.2, 0) is 22.6 Å². The summed E-state index contributed by atoms with van der Waals surface area (Å²) in [4.78, 5) is 24.2. The Hall–Kier alpha value is -3.71. The van der Waals surface area contributed by atoms with Crippen LogP contribution in [0.4, 0.5) is 42.2 Å². The average molecular weight is 653 g/mol. The molecule has 0 unspecified atom stereocenters. The van der Waals surface area contributed by atoms with Crippen molar-refractivity contribution in [1.82, 2.24) is 9.88 Å². The summed E-state index contributed by atoms with van der Waals surface area (Å²) in [6.07, 6.45) is -6.74. The first-order chi connectivity index (χ1) is 21.4. The summed E-state index contributed by atoms with van der Waals surface area (Å²) >= 11 is 0. The van der Waals surface area contributed by atoms with Gasteiger partial charge in [-0.05, 0) is 93.2 Å². The Morgan fingerprint density at radius 3 is 2.17 bits per heavy atom. The van der Waals surface area contributed by atoms with Gasteiger partial charge in [-0.1, -0.05) is 6.07 Å². The molecule has 0 aliphatic carbocycles. The maximum Gasteiger partial charge on any atom is 0.416 e. The number of hydrogen-bond donors (Lipinski definition) is 1. The number of rotatable bonds is 6. The summed E-state index contributed by atoms with van der Waals surface area (Å²) in [5.41, 5.74) is -3.51. The molecule has 1 amide bonds. The zero-order valence-electron chi connectivity index (χ0n) is 25.8. The second-order valence-electron chi connectivity index (χ2n) is 12.6. The van der Waals surface area contributed by atoms with Gasteiger partial charge in [0.25, 0.3) is 0 Å². The van der Waals surface area contributed by atoms with Gasteiger partial charge in [-0.15, -0.1) is 0 Å². The molecule has 0 spiro atoms. The average Bonchev–Trinajstić information content (AvgIpc) is 3.47. The molecule has 0 radical (unpaired) electrons. The molecule has 2 aliphatic rings. The number of fused-ring (bicyclic) bond motifs is 1. The van der Waals surface area contributed by atoms with Gasteiger partial charge in [0.05, 0.1) is 41.1 Å². The number of carbonyl (C=O) groups excluding carboxylic acids is 1. The fraction of sp³-hybridized carbons (Fsp3) is 0.455. The standard InChI is InChI=1S/C33H35F7N4O2/c1-19-10-23(34)7-8-26(19)27-14-29(43-16-24-6-5-9-44(24)25(17-43)18-45)41-15-28(27)42(4)30(46)31(2,3)20-11-21(32(35,36)37)13-22(12-20)33(38,39)40/h7-8,10-15,24-25,45H,5-6,9,16-18H2,1-4H3/t24-,25-/m1/s1. The molecule has 3 aromatic rings. The van der Waals surface area contributed by atoms with E-state index in [0.717, 1.165) is 24.3 Å². The summed E-state index contributed by atoms with van der Waals surface area (Å²) < 4.78 is 96.0. The first-order valence-corrected chi connectivity index (χ1v) is 14.9. The van der Waals surface area contributed by atoms with Crippen LogP contribution in [0.3, 0.4) is 0 Å². The first-order valence-electron chi connectivity index (χ1n) is 14.9. The number of hydrogen-bond acceptors (Lipinski definition) is 5. The molecule has 46 heavy (non-hydrogen) atoms. The van der Waals surface area contributed by atoms with Gasteiger partial charge in [0, 0.05) is 31.7 Å². The molecule has 0 saturated carbocycles. The SMILES string of the molecule is Cc1cc(F)ccc1-c1cc(N2C[C@H]3CCCN3[C@@H](CO)C2)ncc1N(C)C(=O)C(C)(C)c1cc(C(F)(F)F)cc(C(F)(F)F)c1. The van der Waals surface area contributed by atoms with Crippen LogP contribution in [-0.4, -0.2) is 66.3 Å². The van der Waals surface area contributed by atoms with Crippen LogP contribution < -0.4 is 9.80 Å². The Morgan fingerprint density at radius 2 is 1.59 bits per heavy atom. The Bertz CT molecular complexity index is 1590. The van der Waals surface area contributed by atoms with Crippen LogP contribution in [0.25, 0.3) is 11.1 Å². The van der Waals surface area contributed by atoms with E-state index in [2.05, 4.69) is 9.88 Å². The van der Waals surface area contributed by atoms with Crippen LogP contribution in [0.1, 0.15) is 48.9 Å². The van der Waals surface area contributed by atoms with Gasteiger partial charge < -0.3 is 14.9 Å².